The van der Waals surface area contributed by atoms with Crippen molar-refractivity contribution in [3.63, 3.8) is 0 Å². The Bertz CT molecular complexity index is 753. The minimum atomic E-state index is -3.43. The second kappa shape index (κ2) is 8.06. The van der Waals surface area contributed by atoms with Crippen LogP contribution in [-0.4, -0.2) is 62.8 Å². The molecule has 6 nitrogen and oxygen atoms in total. The van der Waals surface area contributed by atoms with Gasteiger partial charge in [-0.2, -0.15) is 4.31 Å². The maximum absolute atomic E-state index is 12.9. The standard InChI is InChI=1S/C19H29N3O3S/c1-3-20(4-2)15-19(23)22-13-10-16-14-17(8-9-18(16)22)26(24,25)21-11-6-5-7-12-21/h8-9,14H,3-7,10-13,15H2,1-2H3. The Kier molecular flexibility index (Phi) is 5.99. The van der Waals surface area contributed by atoms with Crippen LogP contribution in [0.1, 0.15) is 38.7 Å². The van der Waals surface area contributed by atoms with E-state index in [1.165, 1.54) is 0 Å². The second-order valence-corrected chi connectivity index (χ2v) is 8.95. The highest BCUT2D eigenvalue weighted by molar-refractivity contribution is 7.89. The lowest BCUT2D eigenvalue weighted by atomic mass is 10.2. The van der Waals surface area contributed by atoms with Crippen LogP contribution in [-0.2, 0) is 21.2 Å². The topological polar surface area (TPSA) is 60.9 Å². The third kappa shape index (κ3) is 3.80. The molecule has 0 aliphatic carbocycles. The average molecular weight is 380 g/mol. The summed E-state index contributed by atoms with van der Waals surface area (Å²) in [6.45, 7) is 8.02. The van der Waals surface area contributed by atoms with Crippen LogP contribution in [0.4, 0.5) is 5.69 Å². The van der Waals surface area contributed by atoms with Gasteiger partial charge in [-0.3, -0.25) is 9.69 Å². The van der Waals surface area contributed by atoms with Crippen molar-refractivity contribution in [3.05, 3.63) is 23.8 Å². The van der Waals surface area contributed by atoms with Crippen molar-refractivity contribution in [2.24, 2.45) is 0 Å². The van der Waals surface area contributed by atoms with Crippen molar-refractivity contribution in [2.45, 2.75) is 44.4 Å². The van der Waals surface area contributed by atoms with Crippen LogP contribution in [0.25, 0.3) is 0 Å². The number of carbonyl (C=O) groups is 1. The molecule has 7 heteroatoms. The number of carbonyl (C=O) groups excluding carboxylic acids is 1. The molecule has 1 aromatic rings. The van der Waals surface area contributed by atoms with Crippen LogP contribution in [0.3, 0.4) is 0 Å². The van der Waals surface area contributed by atoms with Crippen LogP contribution in [0.2, 0.25) is 0 Å². The summed E-state index contributed by atoms with van der Waals surface area (Å²) in [4.78, 5) is 16.9. The lowest BCUT2D eigenvalue weighted by Crippen LogP contribution is -2.39. The largest absolute Gasteiger partial charge is 0.311 e. The van der Waals surface area contributed by atoms with E-state index in [0.29, 0.717) is 37.5 Å². The maximum Gasteiger partial charge on any atom is 0.243 e. The first-order chi connectivity index (χ1) is 12.5. The van der Waals surface area contributed by atoms with Gasteiger partial charge in [0.2, 0.25) is 15.9 Å². The van der Waals surface area contributed by atoms with E-state index in [1.54, 1.807) is 27.4 Å². The summed E-state index contributed by atoms with van der Waals surface area (Å²) in [5.41, 5.74) is 1.82. The molecule has 2 aliphatic heterocycles. The Balaban J connectivity index is 1.79. The van der Waals surface area contributed by atoms with Gasteiger partial charge in [0.25, 0.3) is 0 Å². The zero-order valence-corrected chi connectivity index (χ0v) is 16.6. The fourth-order valence-electron chi connectivity index (χ4n) is 3.78. The summed E-state index contributed by atoms with van der Waals surface area (Å²) in [5.74, 6) is 0.0825. The molecule has 1 saturated heterocycles. The van der Waals surface area contributed by atoms with Crippen LogP contribution in [0, 0.1) is 0 Å². The molecule has 1 aromatic carbocycles. The Morgan fingerprint density at radius 3 is 2.42 bits per heavy atom. The number of rotatable bonds is 6. The fourth-order valence-corrected chi connectivity index (χ4v) is 5.34. The average Bonchev–Trinajstić information content (AvgIpc) is 3.10. The molecule has 0 bridgehead atoms. The van der Waals surface area contributed by atoms with E-state index in [-0.39, 0.29) is 5.91 Å². The summed E-state index contributed by atoms with van der Waals surface area (Å²) >= 11 is 0. The number of hydrogen-bond donors (Lipinski definition) is 0. The van der Waals surface area contributed by atoms with E-state index in [4.69, 9.17) is 0 Å². The Morgan fingerprint density at radius 1 is 1.08 bits per heavy atom. The van der Waals surface area contributed by atoms with Gasteiger partial charge in [-0.1, -0.05) is 20.3 Å². The van der Waals surface area contributed by atoms with Crippen molar-refractivity contribution in [1.29, 1.82) is 0 Å². The van der Waals surface area contributed by atoms with E-state index in [1.807, 2.05) is 13.8 Å². The maximum atomic E-state index is 12.9. The number of fused-ring (bicyclic) bond motifs is 1. The van der Waals surface area contributed by atoms with Crippen molar-refractivity contribution < 1.29 is 13.2 Å². The van der Waals surface area contributed by atoms with E-state index in [9.17, 15) is 13.2 Å². The number of anilines is 1. The zero-order valence-electron chi connectivity index (χ0n) is 15.8. The molecular weight excluding hydrogens is 350 g/mol. The van der Waals surface area contributed by atoms with Crippen molar-refractivity contribution >= 4 is 21.6 Å². The Morgan fingerprint density at radius 2 is 1.77 bits per heavy atom. The minimum absolute atomic E-state index is 0.0825. The fraction of sp³-hybridized carbons (Fsp3) is 0.632. The third-order valence-corrected chi connectivity index (χ3v) is 7.35. The molecule has 144 valence electrons. The molecule has 0 aromatic heterocycles. The quantitative estimate of drug-likeness (QED) is 0.759. The van der Waals surface area contributed by atoms with Crippen molar-refractivity contribution in [2.75, 3.05) is 44.2 Å². The van der Waals surface area contributed by atoms with Crippen molar-refractivity contribution in [1.82, 2.24) is 9.21 Å². The SMILES string of the molecule is CCN(CC)CC(=O)N1CCc2cc(S(=O)(=O)N3CCCCC3)ccc21. The molecule has 0 radical (unpaired) electrons. The van der Waals surface area contributed by atoms with E-state index < -0.39 is 10.0 Å². The number of amides is 1. The van der Waals surface area contributed by atoms with Gasteiger partial charge in [-0.25, -0.2) is 8.42 Å². The third-order valence-electron chi connectivity index (χ3n) is 5.45. The number of piperidine rings is 1. The summed E-state index contributed by atoms with van der Waals surface area (Å²) in [6.07, 6.45) is 3.66. The van der Waals surface area contributed by atoms with Gasteiger partial charge >= 0.3 is 0 Å². The summed E-state index contributed by atoms with van der Waals surface area (Å²) in [7, 11) is -3.43. The van der Waals surface area contributed by atoms with E-state index in [0.717, 1.165) is 43.6 Å². The highest BCUT2D eigenvalue weighted by atomic mass is 32.2. The van der Waals surface area contributed by atoms with Crippen LogP contribution in [0.15, 0.2) is 23.1 Å². The van der Waals surface area contributed by atoms with Gasteiger partial charge in [0.05, 0.1) is 11.4 Å². The molecule has 0 atom stereocenters. The molecule has 26 heavy (non-hydrogen) atoms. The van der Waals surface area contributed by atoms with Crippen molar-refractivity contribution in [3.8, 4) is 0 Å². The monoisotopic (exact) mass is 379 g/mol. The molecule has 1 amide bonds. The summed E-state index contributed by atoms with van der Waals surface area (Å²) < 4.78 is 27.3. The number of benzene rings is 1. The zero-order chi connectivity index (χ0) is 18.7. The molecule has 0 spiro atoms. The van der Waals surface area contributed by atoms with Gasteiger partial charge in [0.1, 0.15) is 0 Å². The molecule has 0 N–H and O–H groups in total. The molecule has 0 unspecified atom stereocenters. The Hall–Kier alpha value is -1.44. The predicted octanol–water partition coefficient (Wildman–Crippen LogP) is 2.09. The van der Waals surface area contributed by atoms with Crippen LogP contribution < -0.4 is 4.90 Å². The molecule has 0 saturated carbocycles. The summed E-state index contributed by atoms with van der Waals surface area (Å²) in [5, 5.41) is 0. The normalized spacial score (nSPS) is 18.3. The molecule has 1 fully saturated rings. The number of likely N-dealkylation sites (N-methyl/N-ethyl adjacent to an activating group) is 1. The number of sulfonamides is 1. The number of hydrogen-bond acceptors (Lipinski definition) is 4. The predicted molar refractivity (Wildman–Crippen MR) is 103 cm³/mol. The first-order valence-electron chi connectivity index (χ1n) is 9.63. The summed E-state index contributed by atoms with van der Waals surface area (Å²) in [6, 6.07) is 5.23. The highest BCUT2D eigenvalue weighted by Crippen LogP contribution is 2.31. The van der Waals surface area contributed by atoms with Gasteiger partial charge in [0.15, 0.2) is 0 Å². The molecule has 3 rings (SSSR count). The number of nitrogens with zero attached hydrogens (tertiary/aromatic N) is 3. The Labute approximate surface area is 156 Å². The first kappa shape index (κ1) is 19.3. The second-order valence-electron chi connectivity index (χ2n) is 7.01. The highest BCUT2D eigenvalue weighted by Gasteiger charge is 2.30. The lowest BCUT2D eigenvalue weighted by molar-refractivity contribution is -0.119. The van der Waals surface area contributed by atoms with Gasteiger partial charge in [-0.15, -0.1) is 0 Å². The van der Waals surface area contributed by atoms with E-state index >= 15 is 0 Å². The van der Waals surface area contributed by atoms with Crippen LogP contribution in [0.5, 0.6) is 0 Å². The van der Waals surface area contributed by atoms with Gasteiger partial charge < -0.3 is 4.90 Å². The van der Waals surface area contributed by atoms with Crippen LogP contribution >= 0.6 is 0 Å². The molecular formula is C19H29N3O3S. The van der Waals surface area contributed by atoms with Gasteiger partial charge in [-0.05, 0) is 56.1 Å². The lowest BCUT2D eigenvalue weighted by Gasteiger charge is -2.26. The molecule has 2 heterocycles. The van der Waals surface area contributed by atoms with Gasteiger partial charge in [0, 0.05) is 25.3 Å². The molecule has 2 aliphatic rings. The first-order valence-corrected chi connectivity index (χ1v) is 11.1. The van der Waals surface area contributed by atoms with E-state index in [2.05, 4.69) is 4.90 Å². The smallest absolute Gasteiger partial charge is 0.243 e. The minimum Gasteiger partial charge on any atom is -0.311 e.